The van der Waals surface area contributed by atoms with Gasteiger partial charge in [0.2, 0.25) is 0 Å². The Morgan fingerprint density at radius 3 is 2.84 bits per heavy atom. The molecule has 0 aliphatic carbocycles. The van der Waals surface area contributed by atoms with E-state index in [0.29, 0.717) is 13.1 Å². The predicted octanol–water partition coefficient (Wildman–Crippen LogP) is 4.03. The molecule has 1 unspecified atom stereocenters. The van der Waals surface area contributed by atoms with Crippen molar-refractivity contribution in [3.05, 3.63) is 34.5 Å². The van der Waals surface area contributed by atoms with Crippen molar-refractivity contribution >= 4 is 17.4 Å². The standard InChI is InChI=1S/C15H21NO2S/c1-11-7-8-16(14(17)18-15(2,3)4)10-12(11)13-6-5-9-19-13/h5-6,9,12H,1,7-8,10H2,2-4H3. The van der Waals surface area contributed by atoms with E-state index in [0.717, 1.165) is 6.42 Å². The maximum atomic E-state index is 12.1. The van der Waals surface area contributed by atoms with Crippen LogP contribution in [0.15, 0.2) is 29.7 Å². The second-order valence-electron chi connectivity index (χ2n) is 5.90. The fourth-order valence-corrected chi connectivity index (χ4v) is 3.04. The maximum absolute atomic E-state index is 12.1. The first kappa shape index (κ1) is 14.1. The number of thiophene rings is 1. The highest BCUT2D eigenvalue weighted by atomic mass is 32.1. The number of ether oxygens (including phenoxy) is 1. The van der Waals surface area contributed by atoms with E-state index in [1.54, 1.807) is 16.2 Å². The van der Waals surface area contributed by atoms with E-state index < -0.39 is 5.60 Å². The molecule has 1 fully saturated rings. The third-order valence-corrected chi connectivity index (χ3v) is 4.12. The van der Waals surface area contributed by atoms with Crippen LogP contribution in [0.5, 0.6) is 0 Å². The molecule has 19 heavy (non-hydrogen) atoms. The van der Waals surface area contributed by atoms with E-state index in [9.17, 15) is 4.79 Å². The normalized spacial score (nSPS) is 20.5. The number of hydrogen-bond acceptors (Lipinski definition) is 3. The van der Waals surface area contributed by atoms with Gasteiger partial charge in [-0.3, -0.25) is 0 Å². The van der Waals surface area contributed by atoms with Gasteiger partial charge in [0.15, 0.2) is 0 Å². The molecule has 1 atom stereocenters. The Labute approximate surface area is 118 Å². The van der Waals surface area contributed by atoms with Gasteiger partial charge in [0.25, 0.3) is 0 Å². The zero-order valence-electron chi connectivity index (χ0n) is 11.8. The molecule has 104 valence electrons. The molecule has 1 aliphatic heterocycles. The first-order chi connectivity index (χ1) is 8.87. The Kier molecular flexibility index (Phi) is 3.99. The topological polar surface area (TPSA) is 29.5 Å². The zero-order valence-corrected chi connectivity index (χ0v) is 12.6. The van der Waals surface area contributed by atoms with E-state index in [-0.39, 0.29) is 12.0 Å². The van der Waals surface area contributed by atoms with Crippen LogP contribution in [-0.4, -0.2) is 29.7 Å². The molecule has 0 saturated carbocycles. The van der Waals surface area contributed by atoms with Crippen LogP contribution < -0.4 is 0 Å². The molecular weight excluding hydrogens is 258 g/mol. The molecule has 0 bridgehead atoms. The van der Waals surface area contributed by atoms with Crippen molar-refractivity contribution in [1.29, 1.82) is 0 Å². The van der Waals surface area contributed by atoms with Gasteiger partial charge in [-0.2, -0.15) is 0 Å². The Hall–Kier alpha value is -1.29. The second kappa shape index (κ2) is 5.37. The molecule has 1 saturated heterocycles. The Balaban J connectivity index is 2.05. The SMILES string of the molecule is C=C1CCN(C(=O)OC(C)(C)C)CC1c1cccs1. The van der Waals surface area contributed by atoms with Crippen LogP contribution >= 0.6 is 11.3 Å². The summed E-state index contributed by atoms with van der Waals surface area (Å²) in [6.07, 6.45) is 0.628. The average molecular weight is 279 g/mol. The zero-order chi connectivity index (χ0) is 14.0. The third kappa shape index (κ3) is 3.60. The quantitative estimate of drug-likeness (QED) is 0.726. The average Bonchev–Trinajstić information content (AvgIpc) is 2.80. The molecule has 2 rings (SSSR count). The highest BCUT2D eigenvalue weighted by Gasteiger charge is 2.30. The van der Waals surface area contributed by atoms with Gasteiger partial charge in [-0.05, 0) is 38.6 Å². The van der Waals surface area contributed by atoms with E-state index in [2.05, 4.69) is 18.0 Å². The molecule has 1 aromatic heterocycles. The van der Waals surface area contributed by atoms with Gasteiger partial charge in [0.1, 0.15) is 5.60 Å². The van der Waals surface area contributed by atoms with Crippen molar-refractivity contribution in [2.24, 2.45) is 0 Å². The minimum absolute atomic E-state index is 0.221. The number of hydrogen-bond donors (Lipinski definition) is 0. The number of amides is 1. The first-order valence-electron chi connectivity index (χ1n) is 6.56. The summed E-state index contributed by atoms with van der Waals surface area (Å²) < 4.78 is 5.44. The summed E-state index contributed by atoms with van der Waals surface area (Å²) in [7, 11) is 0. The number of carbonyl (C=O) groups excluding carboxylic acids is 1. The van der Waals surface area contributed by atoms with Crippen molar-refractivity contribution in [1.82, 2.24) is 4.90 Å². The van der Waals surface area contributed by atoms with Crippen LogP contribution in [0.2, 0.25) is 0 Å². The fourth-order valence-electron chi connectivity index (χ4n) is 2.17. The molecule has 2 heterocycles. The molecule has 0 spiro atoms. The van der Waals surface area contributed by atoms with E-state index in [1.807, 2.05) is 26.8 Å². The fraction of sp³-hybridized carbons (Fsp3) is 0.533. The number of carbonyl (C=O) groups is 1. The summed E-state index contributed by atoms with van der Waals surface area (Å²) in [5, 5.41) is 2.06. The van der Waals surface area contributed by atoms with E-state index >= 15 is 0 Å². The van der Waals surface area contributed by atoms with Crippen molar-refractivity contribution in [2.45, 2.75) is 38.7 Å². The third-order valence-electron chi connectivity index (χ3n) is 3.14. The molecule has 1 aromatic rings. The Bertz CT molecular complexity index is 459. The summed E-state index contributed by atoms with van der Waals surface area (Å²) in [6.45, 7) is 11.2. The second-order valence-corrected chi connectivity index (χ2v) is 6.88. The number of likely N-dealkylation sites (tertiary alicyclic amines) is 1. The van der Waals surface area contributed by atoms with Gasteiger partial charge in [0, 0.05) is 23.9 Å². The summed E-state index contributed by atoms with van der Waals surface area (Å²) in [6, 6.07) is 4.15. The molecule has 1 aliphatic rings. The number of rotatable bonds is 1. The lowest BCUT2D eigenvalue weighted by atomic mass is 9.92. The van der Waals surface area contributed by atoms with Crippen molar-refractivity contribution in [3.63, 3.8) is 0 Å². The van der Waals surface area contributed by atoms with Gasteiger partial charge < -0.3 is 9.64 Å². The summed E-state index contributed by atoms with van der Waals surface area (Å²) in [4.78, 5) is 15.2. The molecule has 4 heteroatoms. The molecule has 3 nitrogen and oxygen atoms in total. The molecule has 1 amide bonds. The minimum atomic E-state index is -0.441. The van der Waals surface area contributed by atoms with Gasteiger partial charge in [-0.1, -0.05) is 18.2 Å². The van der Waals surface area contributed by atoms with Crippen molar-refractivity contribution in [2.75, 3.05) is 13.1 Å². The predicted molar refractivity (Wildman–Crippen MR) is 78.6 cm³/mol. The Morgan fingerprint density at radius 2 is 2.26 bits per heavy atom. The highest BCUT2D eigenvalue weighted by molar-refractivity contribution is 7.10. The minimum Gasteiger partial charge on any atom is -0.444 e. The molecule has 0 radical (unpaired) electrons. The van der Waals surface area contributed by atoms with Crippen LogP contribution in [0.3, 0.4) is 0 Å². The van der Waals surface area contributed by atoms with Crippen LogP contribution in [-0.2, 0) is 4.74 Å². The van der Waals surface area contributed by atoms with Crippen LogP contribution in [0.4, 0.5) is 4.79 Å². The lowest BCUT2D eigenvalue weighted by Gasteiger charge is -2.35. The lowest BCUT2D eigenvalue weighted by Crippen LogP contribution is -2.42. The smallest absolute Gasteiger partial charge is 0.410 e. The van der Waals surface area contributed by atoms with Crippen LogP contribution in [0.25, 0.3) is 0 Å². The van der Waals surface area contributed by atoms with Gasteiger partial charge in [0.05, 0.1) is 0 Å². The molecule has 0 aromatic carbocycles. The number of piperidine rings is 1. The van der Waals surface area contributed by atoms with Gasteiger partial charge >= 0.3 is 6.09 Å². The van der Waals surface area contributed by atoms with Crippen molar-refractivity contribution in [3.8, 4) is 0 Å². The van der Waals surface area contributed by atoms with Crippen LogP contribution in [0.1, 0.15) is 38.0 Å². The first-order valence-corrected chi connectivity index (χ1v) is 7.44. The monoisotopic (exact) mass is 279 g/mol. The van der Waals surface area contributed by atoms with Gasteiger partial charge in [-0.15, -0.1) is 11.3 Å². The van der Waals surface area contributed by atoms with E-state index in [1.165, 1.54) is 10.5 Å². The lowest BCUT2D eigenvalue weighted by molar-refractivity contribution is 0.0225. The largest absolute Gasteiger partial charge is 0.444 e. The summed E-state index contributed by atoms with van der Waals surface area (Å²) >= 11 is 1.72. The van der Waals surface area contributed by atoms with Crippen LogP contribution in [0, 0.1) is 0 Å². The highest BCUT2D eigenvalue weighted by Crippen LogP contribution is 2.33. The van der Waals surface area contributed by atoms with Gasteiger partial charge in [-0.25, -0.2) is 4.79 Å². The summed E-state index contributed by atoms with van der Waals surface area (Å²) in [5.74, 6) is 0.251. The van der Waals surface area contributed by atoms with Crippen molar-refractivity contribution < 1.29 is 9.53 Å². The molecular formula is C15H21NO2S. The Morgan fingerprint density at radius 1 is 1.53 bits per heavy atom. The summed E-state index contributed by atoms with van der Waals surface area (Å²) in [5.41, 5.74) is 0.770. The maximum Gasteiger partial charge on any atom is 0.410 e. The number of nitrogens with zero attached hydrogens (tertiary/aromatic N) is 1. The molecule has 0 N–H and O–H groups in total. The van der Waals surface area contributed by atoms with E-state index in [4.69, 9.17) is 4.74 Å².